The maximum atomic E-state index is 9.71. The Labute approximate surface area is 38.3 Å². The van der Waals surface area contributed by atoms with Crippen LogP contribution in [-0.2, 0) is 3.80 Å². The molecule has 0 radical (unpaired) electrons. The zero-order chi connectivity index (χ0) is 4.28. The molecule has 0 unspecified atom stereocenters. The van der Waals surface area contributed by atoms with Gasteiger partial charge in [-0.05, 0) is 0 Å². The molecule has 0 saturated heterocycles. The quantitative estimate of drug-likeness (QED) is 0.432. The number of hydrogen-bond acceptors (Lipinski definition) is 1. The molecule has 28 valence electrons. The fraction of sp³-hybridized carbons (Fsp3) is 1.00. The van der Waals surface area contributed by atoms with Gasteiger partial charge in [0.15, 0.2) is 0 Å². The van der Waals surface area contributed by atoms with Gasteiger partial charge in [0.1, 0.15) is 0 Å². The van der Waals surface area contributed by atoms with E-state index in [0.29, 0.717) is 4.78 Å². The minimum atomic E-state index is -0.519. The van der Waals surface area contributed by atoms with Crippen LogP contribution >= 0.6 is 0 Å². The Morgan fingerprint density at radius 2 is 1.80 bits per heavy atom. The molecule has 0 saturated carbocycles. The first-order valence-electron chi connectivity index (χ1n) is 1.72. The van der Waals surface area contributed by atoms with E-state index in [1.807, 2.05) is 13.8 Å². The average molecular weight is 86.1 g/mol. The van der Waals surface area contributed by atoms with Gasteiger partial charge in [-0.2, -0.15) is 0 Å². The van der Waals surface area contributed by atoms with Crippen LogP contribution in [0.5, 0.6) is 0 Å². The van der Waals surface area contributed by atoms with Gasteiger partial charge < -0.3 is 0 Å². The van der Waals surface area contributed by atoms with E-state index in [1.165, 1.54) is 0 Å². The molecule has 5 heavy (non-hydrogen) atoms. The van der Waals surface area contributed by atoms with Crippen LogP contribution < -0.4 is 0 Å². The molecule has 0 aliphatic carbocycles. The van der Waals surface area contributed by atoms with E-state index < -0.39 is 15.2 Å². The van der Waals surface area contributed by atoms with Crippen LogP contribution in [0.4, 0.5) is 0 Å². The van der Waals surface area contributed by atoms with Gasteiger partial charge in [-0.3, -0.25) is 0 Å². The fourth-order valence-electron chi connectivity index (χ4n) is 0. The summed E-state index contributed by atoms with van der Waals surface area (Å²) in [5, 5.41) is 0. The van der Waals surface area contributed by atoms with Crippen molar-refractivity contribution in [1.82, 2.24) is 0 Å². The molecule has 0 aromatic heterocycles. The van der Waals surface area contributed by atoms with Gasteiger partial charge in [-0.25, -0.2) is 0 Å². The van der Waals surface area contributed by atoms with Crippen LogP contribution in [0.1, 0.15) is 13.8 Å². The molecule has 0 aromatic rings. The van der Waals surface area contributed by atoms with Crippen LogP contribution in [0.25, 0.3) is 0 Å². The van der Waals surface area contributed by atoms with Crippen molar-refractivity contribution in [3.05, 3.63) is 0 Å². The van der Waals surface area contributed by atoms with Gasteiger partial charge in [0.2, 0.25) is 0 Å². The summed E-state index contributed by atoms with van der Waals surface area (Å²) in [5.74, 6) is 0. The van der Waals surface area contributed by atoms with Gasteiger partial charge in [0.25, 0.3) is 0 Å². The predicted octanol–water partition coefficient (Wildman–Crippen LogP) is 0.864. The predicted molar refractivity (Wildman–Crippen MR) is 21.5 cm³/mol. The van der Waals surface area contributed by atoms with E-state index in [1.54, 1.807) is 0 Å². The van der Waals surface area contributed by atoms with Crippen molar-refractivity contribution in [3.8, 4) is 0 Å². The molecule has 2 heteroatoms. The summed E-state index contributed by atoms with van der Waals surface area (Å²) >= 11 is -0.519. The second kappa shape index (κ2) is 2.56. The third-order valence-electron chi connectivity index (χ3n) is 0.272. The van der Waals surface area contributed by atoms with E-state index in [9.17, 15) is 3.80 Å². The van der Waals surface area contributed by atoms with Crippen LogP contribution in [0.2, 0.25) is 4.78 Å². The molecule has 0 spiro atoms. The van der Waals surface area contributed by atoms with Crippen molar-refractivity contribution in [2.45, 2.75) is 18.6 Å². The number of rotatable bonds is 1. The standard InChI is InChI=1S/C3H7.Al.O/c1-3-2;;/h3H,1-2H3;;. The van der Waals surface area contributed by atoms with Crippen LogP contribution in [0, 0.1) is 0 Å². The normalized spacial score (nSPS) is 7.80. The molecule has 0 rings (SSSR count). The molecule has 0 heterocycles. The second-order valence-electron chi connectivity index (χ2n) is 1.38. The first-order chi connectivity index (χ1) is 2.27. The zero-order valence-corrected chi connectivity index (χ0v) is 4.72. The Bertz CT molecular complexity index is 33.9. The summed E-state index contributed by atoms with van der Waals surface area (Å²) < 4.78 is 10.1. The van der Waals surface area contributed by atoms with E-state index >= 15 is 0 Å². The van der Waals surface area contributed by atoms with Crippen molar-refractivity contribution in [1.29, 1.82) is 0 Å². The molecule has 0 amide bonds. The van der Waals surface area contributed by atoms with E-state index in [-0.39, 0.29) is 0 Å². The Morgan fingerprint density at radius 3 is 1.80 bits per heavy atom. The molecule has 0 bridgehead atoms. The Hall–Kier alpha value is 0.332. The summed E-state index contributed by atoms with van der Waals surface area (Å²) in [7, 11) is 0. The van der Waals surface area contributed by atoms with Gasteiger partial charge in [0.05, 0.1) is 0 Å². The van der Waals surface area contributed by atoms with E-state index in [2.05, 4.69) is 0 Å². The summed E-state index contributed by atoms with van der Waals surface area (Å²) in [5.41, 5.74) is 0. The Balaban J connectivity index is 2.83. The van der Waals surface area contributed by atoms with Crippen LogP contribution in [0.3, 0.4) is 0 Å². The monoisotopic (exact) mass is 86.0 g/mol. The van der Waals surface area contributed by atoms with Gasteiger partial charge in [-0.15, -0.1) is 0 Å². The SMILES string of the molecule is C[CH](C)[Al]=[O]. The first kappa shape index (κ1) is 5.33. The topological polar surface area (TPSA) is 17.1 Å². The molecule has 0 N–H and O–H groups in total. The van der Waals surface area contributed by atoms with Crippen molar-refractivity contribution in [2.24, 2.45) is 0 Å². The maximum absolute atomic E-state index is 9.71. The summed E-state index contributed by atoms with van der Waals surface area (Å²) in [6.45, 7) is 3.89. The summed E-state index contributed by atoms with van der Waals surface area (Å²) in [4.78, 5) is 0. The van der Waals surface area contributed by atoms with Crippen molar-refractivity contribution < 1.29 is 3.80 Å². The third-order valence-corrected chi connectivity index (χ3v) is 0.816. The van der Waals surface area contributed by atoms with Gasteiger partial charge in [-0.1, -0.05) is 0 Å². The molecule has 0 aliphatic heterocycles. The van der Waals surface area contributed by atoms with Crippen molar-refractivity contribution >= 4 is 15.2 Å². The summed E-state index contributed by atoms with van der Waals surface area (Å²) in [6, 6.07) is 0. The van der Waals surface area contributed by atoms with E-state index in [0.717, 1.165) is 0 Å². The molecular weight excluding hydrogens is 79.0 g/mol. The Kier molecular flexibility index (Phi) is 2.73. The molecule has 0 aliphatic rings. The summed E-state index contributed by atoms with van der Waals surface area (Å²) in [6.07, 6.45) is 0. The van der Waals surface area contributed by atoms with Crippen molar-refractivity contribution in [3.63, 3.8) is 0 Å². The molecular formula is C3H7AlO. The molecule has 0 fully saturated rings. The Morgan fingerprint density at radius 1 is 1.60 bits per heavy atom. The van der Waals surface area contributed by atoms with Crippen molar-refractivity contribution in [2.75, 3.05) is 0 Å². The zero-order valence-electron chi connectivity index (χ0n) is 3.56. The third kappa shape index (κ3) is 4.33. The fourth-order valence-corrected chi connectivity index (χ4v) is 0. The van der Waals surface area contributed by atoms with E-state index in [4.69, 9.17) is 0 Å². The first-order valence-corrected chi connectivity index (χ1v) is 2.86. The molecule has 1 nitrogen and oxygen atoms in total. The average Bonchev–Trinajstić information content (AvgIpc) is 1.38. The van der Waals surface area contributed by atoms with Crippen LogP contribution in [0.15, 0.2) is 0 Å². The van der Waals surface area contributed by atoms with Gasteiger partial charge >= 0.3 is 37.6 Å². The number of hydrogen-bond donors (Lipinski definition) is 0. The van der Waals surface area contributed by atoms with Crippen LogP contribution in [-0.4, -0.2) is 15.2 Å². The molecule has 0 atom stereocenters. The minimum absolute atomic E-state index is 0.412. The molecule has 0 aromatic carbocycles. The second-order valence-corrected chi connectivity index (χ2v) is 2.99. The van der Waals surface area contributed by atoms with Gasteiger partial charge in [0, 0.05) is 0 Å².